The SMILES string of the molecule is CCOc1cc(C)c(C(C)C)cc1S(=O)(=O)n1c(C)nc2ccccc21. The molecule has 0 unspecified atom stereocenters. The largest absolute Gasteiger partial charge is 0.492 e. The van der Waals surface area contributed by atoms with Crippen molar-refractivity contribution in [3.63, 3.8) is 0 Å². The summed E-state index contributed by atoms with van der Waals surface area (Å²) in [4.78, 5) is 4.58. The molecule has 0 amide bonds. The number of aryl methyl sites for hydroxylation is 2. The van der Waals surface area contributed by atoms with Crippen LogP contribution in [0.4, 0.5) is 0 Å². The molecular formula is C20H24N2O3S. The molecule has 3 aromatic rings. The minimum absolute atomic E-state index is 0.180. The topological polar surface area (TPSA) is 61.2 Å². The molecule has 0 aliphatic carbocycles. The highest BCUT2D eigenvalue weighted by molar-refractivity contribution is 7.90. The number of hydrogen-bond donors (Lipinski definition) is 0. The van der Waals surface area contributed by atoms with Crippen molar-refractivity contribution in [2.75, 3.05) is 6.61 Å². The van der Waals surface area contributed by atoms with Gasteiger partial charge < -0.3 is 4.74 Å². The quantitative estimate of drug-likeness (QED) is 0.665. The van der Waals surface area contributed by atoms with E-state index < -0.39 is 10.0 Å². The Kier molecular flexibility index (Phi) is 4.80. The first-order valence-electron chi connectivity index (χ1n) is 8.74. The van der Waals surface area contributed by atoms with Crippen LogP contribution in [0.3, 0.4) is 0 Å². The van der Waals surface area contributed by atoms with E-state index >= 15 is 0 Å². The smallest absolute Gasteiger partial charge is 0.273 e. The second-order valence-corrected chi connectivity index (χ2v) is 8.42. The van der Waals surface area contributed by atoms with Crippen LogP contribution in [0.1, 0.15) is 43.6 Å². The van der Waals surface area contributed by atoms with Crippen molar-refractivity contribution >= 4 is 21.1 Å². The van der Waals surface area contributed by atoms with Crippen molar-refractivity contribution < 1.29 is 13.2 Å². The van der Waals surface area contributed by atoms with Crippen molar-refractivity contribution in [3.05, 3.63) is 53.3 Å². The van der Waals surface area contributed by atoms with E-state index in [2.05, 4.69) is 18.8 Å². The molecule has 5 nitrogen and oxygen atoms in total. The highest BCUT2D eigenvalue weighted by Crippen LogP contribution is 2.34. The zero-order valence-corrected chi connectivity index (χ0v) is 16.6. The van der Waals surface area contributed by atoms with Crippen LogP contribution in [-0.4, -0.2) is 24.0 Å². The van der Waals surface area contributed by atoms with E-state index in [-0.39, 0.29) is 10.8 Å². The van der Waals surface area contributed by atoms with Gasteiger partial charge in [-0.25, -0.2) is 17.4 Å². The third-order valence-electron chi connectivity index (χ3n) is 4.45. The summed E-state index contributed by atoms with van der Waals surface area (Å²) < 4.78 is 34.1. The average molecular weight is 372 g/mol. The van der Waals surface area contributed by atoms with Crippen LogP contribution >= 0.6 is 0 Å². The maximum Gasteiger partial charge on any atom is 0.273 e. The van der Waals surface area contributed by atoms with Crippen LogP contribution in [0.15, 0.2) is 41.3 Å². The Morgan fingerprint density at radius 1 is 1.15 bits per heavy atom. The normalized spacial score (nSPS) is 12.1. The lowest BCUT2D eigenvalue weighted by molar-refractivity contribution is 0.330. The number of imidazole rings is 1. The van der Waals surface area contributed by atoms with Gasteiger partial charge in [-0.2, -0.15) is 0 Å². The molecule has 0 saturated heterocycles. The fourth-order valence-electron chi connectivity index (χ4n) is 3.30. The number of hydrogen-bond acceptors (Lipinski definition) is 4. The summed E-state index contributed by atoms with van der Waals surface area (Å²) >= 11 is 0. The standard InChI is InChI=1S/C20H24N2O3S/c1-6-25-19-11-14(4)16(13(2)3)12-20(19)26(23,24)22-15(5)21-17-9-7-8-10-18(17)22/h7-13H,6H2,1-5H3. The van der Waals surface area contributed by atoms with Gasteiger partial charge in [0.1, 0.15) is 16.5 Å². The van der Waals surface area contributed by atoms with E-state index in [1.165, 1.54) is 3.97 Å². The molecule has 0 aliphatic heterocycles. The van der Waals surface area contributed by atoms with Gasteiger partial charge >= 0.3 is 0 Å². The monoisotopic (exact) mass is 372 g/mol. The highest BCUT2D eigenvalue weighted by Gasteiger charge is 2.27. The summed E-state index contributed by atoms with van der Waals surface area (Å²) in [6.07, 6.45) is 0. The Hall–Kier alpha value is -2.34. The number of ether oxygens (including phenoxy) is 1. The molecule has 0 bridgehead atoms. The number of aromatic nitrogens is 2. The average Bonchev–Trinajstić information content (AvgIpc) is 2.91. The minimum Gasteiger partial charge on any atom is -0.492 e. The third-order valence-corrected chi connectivity index (χ3v) is 6.27. The lowest BCUT2D eigenvalue weighted by atomic mass is 9.98. The maximum absolute atomic E-state index is 13.6. The Labute approximate surface area is 154 Å². The molecule has 2 aromatic carbocycles. The van der Waals surface area contributed by atoms with Gasteiger partial charge in [0.05, 0.1) is 17.6 Å². The number of para-hydroxylation sites is 2. The number of fused-ring (bicyclic) bond motifs is 1. The second-order valence-electron chi connectivity index (χ2n) is 6.66. The van der Waals surface area contributed by atoms with Crippen molar-refractivity contribution in [1.82, 2.24) is 8.96 Å². The number of nitrogens with zero attached hydrogens (tertiary/aromatic N) is 2. The van der Waals surface area contributed by atoms with E-state index in [9.17, 15) is 8.42 Å². The fraction of sp³-hybridized carbons (Fsp3) is 0.350. The Balaban J connectivity index is 2.33. The second kappa shape index (κ2) is 6.76. The van der Waals surface area contributed by atoms with E-state index in [0.29, 0.717) is 29.2 Å². The van der Waals surface area contributed by atoms with Crippen molar-refractivity contribution in [2.24, 2.45) is 0 Å². The Morgan fingerprint density at radius 2 is 1.85 bits per heavy atom. The highest BCUT2D eigenvalue weighted by atomic mass is 32.2. The predicted octanol–water partition coefficient (Wildman–Crippen LogP) is 4.41. The van der Waals surface area contributed by atoms with E-state index in [4.69, 9.17) is 4.74 Å². The summed E-state index contributed by atoms with van der Waals surface area (Å²) in [7, 11) is -3.85. The summed E-state index contributed by atoms with van der Waals surface area (Å²) in [5.41, 5.74) is 3.24. The van der Waals surface area contributed by atoms with Gasteiger partial charge in [-0.15, -0.1) is 0 Å². The van der Waals surface area contributed by atoms with Crippen LogP contribution in [0.2, 0.25) is 0 Å². The zero-order valence-electron chi connectivity index (χ0n) is 15.8. The van der Waals surface area contributed by atoms with Crippen molar-refractivity contribution in [2.45, 2.75) is 45.4 Å². The molecule has 0 N–H and O–H groups in total. The molecule has 138 valence electrons. The zero-order chi connectivity index (χ0) is 19.1. The molecule has 6 heteroatoms. The van der Waals surface area contributed by atoms with Gasteiger partial charge in [0.25, 0.3) is 10.0 Å². The molecule has 1 heterocycles. The van der Waals surface area contributed by atoms with Gasteiger partial charge in [-0.05, 0) is 62.1 Å². The first-order chi connectivity index (χ1) is 12.3. The molecule has 0 atom stereocenters. The van der Waals surface area contributed by atoms with Crippen molar-refractivity contribution in [1.29, 1.82) is 0 Å². The molecule has 1 aromatic heterocycles. The van der Waals surface area contributed by atoms with Gasteiger partial charge in [-0.3, -0.25) is 0 Å². The van der Waals surface area contributed by atoms with Crippen LogP contribution < -0.4 is 4.74 Å². The molecule has 0 spiro atoms. The number of benzene rings is 2. The first kappa shape index (κ1) is 18.5. The van der Waals surface area contributed by atoms with Crippen LogP contribution in [-0.2, 0) is 10.0 Å². The van der Waals surface area contributed by atoms with Crippen molar-refractivity contribution in [3.8, 4) is 5.75 Å². The van der Waals surface area contributed by atoms with Crippen LogP contribution in [0, 0.1) is 13.8 Å². The van der Waals surface area contributed by atoms with Gasteiger partial charge in [0.15, 0.2) is 0 Å². The predicted molar refractivity (Wildman–Crippen MR) is 103 cm³/mol. The van der Waals surface area contributed by atoms with Gasteiger partial charge in [0.2, 0.25) is 0 Å². The summed E-state index contributed by atoms with van der Waals surface area (Å²) in [5, 5.41) is 0. The molecular weight excluding hydrogens is 348 g/mol. The van der Waals surface area contributed by atoms with E-state index in [1.54, 1.807) is 19.1 Å². The van der Waals surface area contributed by atoms with Crippen LogP contribution in [0.5, 0.6) is 5.75 Å². The lowest BCUT2D eigenvalue weighted by Gasteiger charge is -2.18. The fourth-order valence-corrected chi connectivity index (χ4v) is 4.94. The molecule has 0 radical (unpaired) electrons. The maximum atomic E-state index is 13.6. The van der Waals surface area contributed by atoms with E-state index in [1.807, 2.05) is 38.1 Å². The van der Waals surface area contributed by atoms with Gasteiger partial charge in [-0.1, -0.05) is 26.0 Å². The summed E-state index contributed by atoms with van der Waals surface area (Å²) in [6, 6.07) is 10.8. The third kappa shape index (κ3) is 2.98. The van der Waals surface area contributed by atoms with E-state index in [0.717, 1.165) is 11.1 Å². The number of rotatable bonds is 5. The Bertz CT molecular complexity index is 1070. The Morgan fingerprint density at radius 3 is 2.50 bits per heavy atom. The first-order valence-corrected chi connectivity index (χ1v) is 10.2. The summed E-state index contributed by atoms with van der Waals surface area (Å²) in [5.74, 6) is 1.02. The summed E-state index contributed by atoms with van der Waals surface area (Å²) in [6.45, 7) is 10.0. The molecule has 0 fully saturated rings. The van der Waals surface area contributed by atoms with Crippen LogP contribution in [0.25, 0.3) is 11.0 Å². The molecule has 0 aliphatic rings. The molecule has 0 saturated carbocycles. The lowest BCUT2D eigenvalue weighted by Crippen LogP contribution is -2.17. The molecule has 26 heavy (non-hydrogen) atoms. The molecule has 3 rings (SSSR count). The minimum atomic E-state index is -3.85. The van der Waals surface area contributed by atoms with Gasteiger partial charge in [0, 0.05) is 0 Å².